The zero-order valence-electron chi connectivity index (χ0n) is 11.5. The van der Waals surface area contributed by atoms with Crippen molar-refractivity contribution in [3.05, 3.63) is 5.82 Å². The molecule has 1 saturated heterocycles. The summed E-state index contributed by atoms with van der Waals surface area (Å²) in [5.41, 5.74) is -0.854. The van der Waals surface area contributed by atoms with Crippen molar-refractivity contribution in [2.45, 2.75) is 52.2 Å². The highest BCUT2D eigenvalue weighted by atomic mass is 16.5. The maximum absolute atomic E-state index is 11.4. The van der Waals surface area contributed by atoms with Crippen LogP contribution >= 0.6 is 0 Å². The van der Waals surface area contributed by atoms with E-state index in [2.05, 4.69) is 15.5 Å². The van der Waals surface area contributed by atoms with E-state index in [4.69, 9.17) is 4.74 Å². The molecule has 1 aromatic heterocycles. The van der Waals surface area contributed by atoms with Gasteiger partial charge in [-0.2, -0.15) is 0 Å². The molecule has 0 radical (unpaired) electrons. The van der Waals surface area contributed by atoms with Gasteiger partial charge in [0.15, 0.2) is 5.82 Å². The van der Waals surface area contributed by atoms with Gasteiger partial charge in [-0.05, 0) is 37.1 Å². The second-order valence-corrected chi connectivity index (χ2v) is 5.39. The van der Waals surface area contributed by atoms with Crippen LogP contribution < -0.4 is 0 Å². The van der Waals surface area contributed by atoms with Gasteiger partial charge < -0.3 is 9.84 Å². The van der Waals surface area contributed by atoms with Crippen molar-refractivity contribution in [3.63, 3.8) is 0 Å². The van der Waals surface area contributed by atoms with Crippen LogP contribution in [0.5, 0.6) is 0 Å². The number of ether oxygens (including phenoxy) is 1. The number of carboxylic acid groups (broad SMARTS) is 1. The highest BCUT2D eigenvalue weighted by Gasteiger charge is 2.36. The zero-order chi connectivity index (χ0) is 14.0. The smallest absolute Gasteiger partial charge is 0.311 e. The molecule has 1 aliphatic heterocycles. The van der Waals surface area contributed by atoms with Crippen LogP contribution in [0.4, 0.5) is 0 Å². The molecule has 7 heteroatoms. The lowest BCUT2D eigenvalue weighted by molar-refractivity contribution is -0.149. The summed E-state index contributed by atoms with van der Waals surface area (Å²) in [5.74, 6) is 0.0444. The van der Waals surface area contributed by atoms with Gasteiger partial charge in [-0.1, -0.05) is 6.92 Å². The molecule has 2 heterocycles. The molecule has 0 spiro atoms. The molecule has 1 N–H and O–H groups in total. The third-order valence-electron chi connectivity index (χ3n) is 4.06. The van der Waals surface area contributed by atoms with Crippen LogP contribution in [0.3, 0.4) is 0 Å². The second-order valence-electron chi connectivity index (χ2n) is 5.39. The number of carboxylic acids is 1. The van der Waals surface area contributed by atoms with Gasteiger partial charge in [0, 0.05) is 12.5 Å². The highest BCUT2D eigenvalue weighted by Crippen LogP contribution is 2.31. The number of hydrogen-bond acceptors (Lipinski definition) is 5. The molecule has 0 aromatic carbocycles. The Bertz CT molecular complexity index is 462. The van der Waals surface area contributed by atoms with Gasteiger partial charge in [0.25, 0.3) is 0 Å². The Hall–Kier alpha value is -1.50. The largest absolute Gasteiger partial charge is 0.481 e. The molecule has 1 aliphatic rings. The molecule has 0 saturated carbocycles. The Kier molecular flexibility index (Phi) is 3.84. The summed E-state index contributed by atoms with van der Waals surface area (Å²) in [7, 11) is 0. The summed E-state index contributed by atoms with van der Waals surface area (Å²) in [4.78, 5) is 11.4. The third kappa shape index (κ3) is 2.60. The van der Waals surface area contributed by atoms with Gasteiger partial charge in [-0.3, -0.25) is 4.79 Å². The lowest BCUT2D eigenvalue weighted by Gasteiger charge is -2.24. The Labute approximate surface area is 111 Å². The molecule has 0 amide bonds. The number of carbonyl (C=O) groups is 1. The monoisotopic (exact) mass is 268 g/mol. The van der Waals surface area contributed by atoms with Gasteiger partial charge in [0.2, 0.25) is 0 Å². The van der Waals surface area contributed by atoms with Crippen LogP contribution in [0.15, 0.2) is 0 Å². The molecule has 0 aliphatic carbocycles. The van der Waals surface area contributed by atoms with E-state index in [-0.39, 0.29) is 18.6 Å². The van der Waals surface area contributed by atoms with Crippen molar-refractivity contribution in [2.75, 3.05) is 6.61 Å². The van der Waals surface area contributed by atoms with Crippen LogP contribution in [-0.2, 0) is 16.1 Å². The minimum atomic E-state index is -0.854. The average Bonchev–Trinajstić information content (AvgIpc) is 2.97. The van der Waals surface area contributed by atoms with Crippen molar-refractivity contribution in [2.24, 2.45) is 5.41 Å². The van der Waals surface area contributed by atoms with Crippen molar-refractivity contribution in [1.29, 1.82) is 0 Å². The van der Waals surface area contributed by atoms with Crippen LogP contribution in [0.2, 0.25) is 0 Å². The first-order valence-corrected chi connectivity index (χ1v) is 6.59. The normalized spacial score (nSPS) is 26.3. The SMILES string of the molecule is CCC(C)(Cn1nnnc1C1CCOC1C)C(=O)O. The molecule has 7 nitrogen and oxygen atoms in total. The van der Waals surface area contributed by atoms with Crippen molar-refractivity contribution in [3.8, 4) is 0 Å². The summed E-state index contributed by atoms with van der Waals surface area (Å²) >= 11 is 0. The lowest BCUT2D eigenvalue weighted by Crippen LogP contribution is -2.33. The van der Waals surface area contributed by atoms with Crippen molar-refractivity contribution in [1.82, 2.24) is 20.2 Å². The van der Waals surface area contributed by atoms with E-state index in [9.17, 15) is 9.90 Å². The van der Waals surface area contributed by atoms with Crippen LogP contribution in [0, 0.1) is 5.41 Å². The van der Waals surface area contributed by atoms with E-state index in [0.29, 0.717) is 13.0 Å². The van der Waals surface area contributed by atoms with E-state index in [0.717, 1.165) is 12.2 Å². The molecule has 1 fully saturated rings. The average molecular weight is 268 g/mol. The molecule has 1 aromatic rings. The highest BCUT2D eigenvalue weighted by molar-refractivity contribution is 5.73. The predicted octanol–water partition coefficient (Wildman–Crippen LogP) is 1.07. The summed E-state index contributed by atoms with van der Waals surface area (Å²) in [6.45, 7) is 6.55. The van der Waals surface area contributed by atoms with E-state index in [1.54, 1.807) is 11.6 Å². The lowest BCUT2D eigenvalue weighted by atomic mass is 9.87. The first kappa shape index (κ1) is 13.9. The molecule has 106 valence electrons. The summed E-state index contributed by atoms with van der Waals surface area (Å²) < 4.78 is 7.14. The van der Waals surface area contributed by atoms with Crippen LogP contribution in [0.25, 0.3) is 0 Å². The number of aliphatic carboxylic acids is 1. The predicted molar refractivity (Wildman–Crippen MR) is 66.6 cm³/mol. The molecule has 3 unspecified atom stereocenters. The maximum atomic E-state index is 11.4. The zero-order valence-corrected chi connectivity index (χ0v) is 11.5. The Balaban J connectivity index is 2.22. The fourth-order valence-corrected chi connectivity index (χ4v) is 2.32. The molecule has 2 rings (SSSR count). The van der Waals surface area contributed by atoms with Gasteiger partial charge in [-0.15, -0.1) is 5.10 Å². The van der Waals surface area contributed by atoms with Crippen molar-refractivity contribution < 1.29 is 14.6 Å². The van der Waals surface area contributed by atoms with E-state index < -0.39 is 11.4 Å². The number of rotatable bonds is 5. The summed E-state index contributed by atoms with van der Waals surface area (Å²) in [6, 6.07) is 0. The minimum Gasteiger partial charge on any atom is -0.481 e. The quantitative estimate of drug-likeness (QED) is 0.859. The van der Waals surface area contributed by atoms with Crippen LogP contribution in [0.1, 0.15) is 45.4 Å². The second kappa shape index (κ2) is 5.24. The molecular formula is C12H20N4O3. The van der Waals surface area contributed by atoms with E-state index in [1.165, 1.54) is 0 Å². The number of tetrazole rings is 1. The van der Waals surface area contributed by atoms with Crippen LogP contribution in [-0.4, -0.2) is 44.0 Å². The summed E-state index contributed by atoms with van der Waals surface area (Å²) in [5, 5.41) is 21.0. The Morgan fingerprint density at radius 3 is 2.89 bits per heavy atom. The fourth-order valence-electron chi connectivity index (χ4n) is 2.32. The summed E-state index contributed by atoms with van der Waals surface area (Å²) in [6.07, 6.45) is 1.47. The number of aromatic nitrogens is 4. The van der Waals surface area contributed by atoms with Gasteiger partial charge in [0.05, 0.1) is 18.1 Å². The van der Waals surface area contributed by atoms with Gasteiger partial charge in [-0.25, -0.2) is 4.68 Å². The third-order valence-corrected chi connectivity index (χ3v) is 4.06. The molecule has 0 bridgehead atoms. The fraction of sp³-hybridized carbons (Fsp3) is 0.833. The Morgan fingerprint density at radius 2 is 2.37 bits per heavy atom. The molecule has 19 heavy (non-hydrogen) atoms. The van der Waals surface area contributed by atoms with Gasteiger partial charge >= 0.3 is 5.97 Å². The maximum Gasteiger partial charge on any atom is 0.311 e. The standard InChI is InChI=1S/C12H20N4O3/c1-4-12(3,11(17)18)7-16-10(13-14-15-16)9-5-6-19-8(9)2/h8-9H,4-7H2,1-3H3,(H,17,18). The molecular weight excluding hydrogens is 248 g/mol. The topological polar surface area (TPSA) is 90.1 Å². The minimum absolute atomic E-state index is 0.0717. The van der Waals surface area contributed by atoms with Gasteiger partial charge in [0.1, 0.15) is 0 Å². The first-order chi connectivity index (χ1) is 8.98. The Morgan fingerprint density at radius 1 is 1.63 bits per heavy atom. The van der Waals surface area contributed by atoms with Crippen molar-refractivity contribution >= 4 is 5.97 Å². The number of nitrogens with zero attached hydrogens (tertiary/aromatic N) is 4. The van der Waals surface area contributed by atoms with E-state index >= 15 is 0 Å². The number of hydrogen-bond donors (Lipinski definition) is 1. The molecule has 3 atom stereocenters. The van der Waals surface area contributed by atoms with E-state index in [1.807, 2.05) is 13.8 Å². The first-order valence-electron chi connectivity index (χ1n) is 6.59.